The van der Waals surface area contributed by atoms with Crippen LogP contribution in [0, 0.1) is 46.3 Å². The second kappa shape index (κ2) is 7.59. The molecule has 7 atom stereocenters. The van der Waals surface area contributed by atoms with Crippen LogP contribution in [-0.2, 0) is 4.79 Å². The van der Waals surface area contributed by atoms with Crippen molar-refractivity contribution in [1.82, 2.24) is 0 Å². The molecule has 0 aromatic heterocycles. The minimum Gasteiger partial charge on any atom is -0.299 e. The van der Waals surface area contributed by atoms with Gasteiger partial charge in [-0.15, -0.1) is 0 Å². The normalized spacial score (nSPS) is 43.7. The third kappa shape index (κ3) is 3.24. The number of ketones is 1. The molecule has 3 fully saturated rings. The van der Waals surface area contributed by atoms with Crippen LogP contribution in [0.4, 0.5) is 0 Å². The molecule has 4 aliphatic carbocycles. The topological polar surface area (TPSA) is 17.1 Å². The summed E-state index contributed by atoms with van der Waals surface area (Å²) in [5, 5.41) is 0. The molecule has 0 spiro atoms. The number of Topliss-reactive ketones (excluding diaryl/α,β-unsaturated/α-hetero) is 1. The molecule has 0 heterocycles. The minimum absolute atomic E-state index is 0.204. The van der Waals surface area contributed by atoms with Crippen molar-refractivity contribution in [2.45, 2.75) is 105 Å². The first kappa shape index (κ1) is 20.7. The standard InChI is InChI=1S/C27H44O/c1-18(2)25(28)14-9-19(3)22-12-13-23-21-11-10-20-8-6-7-16-26(20,4)24(21)15-17-27(22,23)5/h8,18-19,21-24H,6-7,9-17H2,1-5H3/t19-,21+,22-,23+,24+,26+,27-/m1/s1. The summed E-state index contributed by atoms with van der Waals surface area (Å²) in [4.78, 5) is 12.2. The van der Waals surface area contributed by atoms with Crippen molar-refractivity contribution in [3.63, 3.8) is 0 Å². The van der Waals surface area contributed by atoms with Gasteiger partial charge in [0.15, 0.2) is 0 Å². The Kier molecular flexibility index (Phi) is 5.60. The van der Waals surface area contributed by atoms with Gasteiger partial charge in [-0.25, -0.2) is 0 Å². The maximum Gasteiger partial charge on any atom is 0.135 e. The maximum absolute atomic E-state index is 12.2. The van der Waals surface area contributed by atoms with Gasteiger partial charge in [0.1, 0.15) is 5.78 Å². The SMILES string of the molecule is CC(C)C(=O)CC[C@@H](C)[C@H]1CC[C@H]2[C@@H]3CCC4=CCCC[C@]4(C)[C@H]3CC[C@]12C. The Morgan fingerprint density at radius 1 is 1.07 bits per heavy atom. The van der Waals surface area contributed by atoms with E-state index in [9.17, 15) is 4.79 Å². The van der Waals surface area contributed by atoms with E-state index in [0.29, 0.717) is 22.5 Å². The van der Waals surface area contributed by atoms with Gasteiger partial charge in [-0.05, 0) is 105 Å². The zero-order chi connectivity index (χ0) is 20.1. The van der Waals surface area contributed by atoms with E-state index in [1.54, 1.807) is 0 Å². The van der Waals surface area contributed by atoms with Crippen LogP contribution in [0.3, 0.4) is 0 Å². The van der Waals surface area contributed by atoms with Gasteiger partial charge in [-0.1, -0.05) is 46.3 Å². The van der Waals surface area contributed by atoms with Crippen LogP contribution >= 0.6 is 0 Å². The molecule has 0 aliphatic heterocycles. The zero-order valence-corrected chi connectivity index (χ0v) is 19.2. The van der Waals surface area contributed by atoms with E-state index in [1.165, 1.54) is 57.8 Å². The van der Waals surface area contributed by atoms with Gasteiger partial charge < -0.3 is 0 Å². The smallest absolute Gasteiger partial charge is 0.135 e. The van der Waals surface area contributed by atoms with Gasteiger partial charge >= 0.3 is 0 Å². The lowest BCUT2D eigenvalue weighted by atomic mass is 9.46. The summed E-state index contributed by atoms with van der Waals surface area (Å²) in [5.41, 5.74) is 2.89. The fourth-order valence-electron chi connectivity index (χ4n) is 8.59. The fraction of sp³-hybridized carbons (Fsp3) is 0.889. The van der Waals surface area contributed by atoms with Gasteiger partial charge in [-0.2, -0.15) is 0 Å². The lowest BCUT2D eigenvalue weighted by Gasteiger charge is -2.58. The monoisotopic (exact) mass is 384 g/mol. The molecule has 0 unspecified atom stereocenters. The van der Waals surface area contributed by atoms with Crippen molar-refractivity contribution in [3.8, 4) is 0 Å². The lowest BCUT2D eigenvalue weighted by molar-refractivity contribution is -0.122. The number of hydrogen-bond donors (Lipinski definition) is 0. The molecule has 0 aromatic rings. The van der Waals surface area contributed by atoms with Crippen molar-refractivity contribution in [1.29, 1.82) is 0 Å². The van der Waals surface area contributed by atoms with E-state index in [-0.39, 0.29) is 5.92 Å². The first-order valence-corrected chi connectivity index (χ1v) is 12.5. The molecule has 1 heteroatoms. The van der Waals surface area contributed by atoms with Gasteiger partial charge in [0.2, 0.25) is 0 Å². The van der Waals surface area contributed by atoms with Gasteiger partial charge in [0, 0.05) is 12.3 Å². The molecule has 0 radical (unpaired) electrons. The van der Waals surface area contributed by atoms with Crippen LogP contribution in [0.5, 0.6) is 0 Å². The van der Waals surface area contributed by atoms with Crippen molar-refractivity contribution in [3.05, 3.63) is 11.6 Å². The molecule has 0 N–H and O–H groups in total. The lowest BCUT2D eigenvalue weighted by Crippen LogP contribution is -2.50. The molecule has 3 saturated carbocycles. The quantitative estimate of drug-likeness (QED) is 0.446. The highest BCUT2D eigenvalue weighted by Crippen LogP contribution is 2.67. The summed E-state index contributed by atoms with van der Waals surface area (Å²) in [6.07, 6.45) is 17.3. The van der Waals surface area contributed by atoms with Crippen molar-refractivity contribution in [2.24, 2.45) is 46.3 Å². The average molecular weight is 385 g/mol. The summed E-state index contributed by atoms with van der Waals surface area (Å²) in [5.74, 6) is 5.08. The fourth-order valence-corrected chi connectivity index (χ4v) is 8.59. The van der Waals surface area contributed by atoms with Crippen molar-refractivity contribution >= 4 is 5.78 Å². The number of hydrogen-bond acceptors (Lipinski definition) is 1. The highest BCUT2D eigenvalue weighted by atomic mass is 16.1. The molecule has 0 saturated heterocycles. The third-order valence-corrected chi connectivity index (χ3v) is 10.3. The Morgan fingerprint density at radius 2 is 1.86 bits per heavy atom. The van der Waals surface area contributed by atoms with Crippen LogP contribution in [0.15, 0.2) is 11.6 Å². The number of rotatable bonds is 5. The van der Waals surface area contributed by atoms with Gasteiger partial charge in [0.25, 0.3) is 0 Å². The molecule has 0 bridgehead atoms. The highest BCUT2D eigenvalue weighted by molar-refractivity contribution is 5.80. The van der Waals surface area contributed by atoms with Crippen LogP contribution in [0.25, 0.3) is 0 Å². The average Bonchev–Trinajstić information content (AvgIpc) is 3.02. The van der Waals surface area contributed by atoms with Gasteiger partial charge in [0.05, 0.1) is 0 Å². The van der Waals surface area contributed by atoms with E-state index in [4.69, 9.17) is 0 Å². The molecule has 28 heavy (non-hydrogen) atoms. The largest absolute Gasteiger partial charge is 0.299 e. The van der Waals surface area contributed by atoms with Crippen molar-refractivity contribution < 1.29 is 4.79 Å². The highest BCUT2D eigenvalue weighted by Gasteiger charge is 2.59. The predicted octanol–water partition coefficient (Wildman–Crippen LogP) is 7.60. The van der Waals surface area contributed by atoms with E-state index in [0.717, 1.165) is 36.5 Å². The Hall–Kier alpha value is -0.590. The van der Waals surface area contributed by atoms with E-state index < -0.39 is 0 Å². The molecule has 0 amide bonds. The minimum atomic E-state index is 0.204. The van der Waals surface area contributed by atoms with Crippen LogP contribution < -0.4 is 0 Å². The Labute approximate surface area is 174 Å². The molecule has 4 aliphatic rings. The third-order valence-electron chi connectivity index (χ3n) is 10.3. The Balaban J connectivity index is 1.48. The summed E-state index contributed by atoms with van der Waals surface area (Å²) in [6.45, 7) is 11.9. The first-order chi connectivity index (χ1) is 13.3. The number of carbonyl (C=O) groups excluding carboxylic acids is 1. The molecule has 4 rings (SSSR count). The summed E-state index contributed by atoms with van der Waals surface area (Å²) < 4.78 is 0. The predicted molar refractivity (Wildman–Crippen MR) is 118 cm³/mol. The second-order valence-corrected chi connectivity index (χ2v) is 11.8. The van der Waals surface area contributed by atoms with E-state index in [1.807, 2.05) is 5.57 Å². The number of allylic oxidation sites excluding steroid dienone is 2. The summed E-state index contributed by atoms with van der Waals surface area (Å²) in [7, 11) is 0. The van der Waals surface area contributed by atoms with E-state index >= 15 is 0 Å². The van der Waals surface area contributed by atoms with Crippen LogP contribution in [0.1, 0.15) is 105 Å². The maximum atomic E-state index is 12.2. The zero-order valence-electron chi connectivity index (χ0n) is 19.2. The molecular formula is C27H44O. The van der Waals surface area contributed by atoms with Crippen LogP contribution in [-0.4, -0.2) is 5.78 Å². The van der Waals surface area contributed by atoms with Crippen molar-refractivity contribution in [2.75, 3.05) is 0 Å². The van der Waals surface area contributed by atoms with Crippen LogP contribution in [0.2, 0.25) is 0 Å². The second-order valence-electron chi connectivity index (χ2n) is 11.8. The summed E-state index contributed by atoms with van der Waals surface area (Å²) in [6, 6.07) is 0. The number of fused-ring (bicyclic) bond motifs is 5. The van der Waals surface area contributed by atoms with E-state index in [2.05, 4.69) is 40.7 Å². The molecule has 0 aromatic carbocycles. The Morgan fingerprint density at radius 3 is 2.61 bits per heavy atom. The Bertz CT molecular complexity index is 630. The molecular weight excluding hydrogens is 340 g/mol. The molecule has 1 nitrogen and oxygen atoms in total. The van der Waals surface area contributed by atoms with Gasteiger partial charge in [-0.3, -0.25) is 4.79 Å². The summed E-state index contributed by atoms with van der Waals surface area (Å²) >= 11 is 0. The molecule has 158 valence electrons. The number of carbonyl (C=O) groups is 1. The first-order valence-electron chi connectivity index (χ1n) is 12.5.